The minimum Gasteiger partial charge on any atom is -0.508 e. The Labute approximate surface area is 170 Å². The molecule has 2 heterocycles. The second kappa shape index (κ2) is 6.70. The van der Waals surface area contributed by atoms with Crippen LogP contribution in [0.3, 0.4) is 0 Å². The molecule has 0 saturated carbocycles. The zero-order valence-corrected chi connectivity index (χ0v) is 16.6. The number of thiophene rings is 1. The van der Waals surface area contributed by atoms with Crippen LogP contribution in [0.5, 0.6) is 11.5 Å². The van der Waals surface area contributed by atoms with Crippen molar-refractivity contribution in [3.8, 4) is 22.6 Å². The zero-order chi connectivity index (χ0) is 20.9. The largest absolute Gasteiger partial charge is 0.508 e. The van der Waals surface area contributed by atoms with Gasteiger partial charge in [0.1, 0.15) is 16.2 Å². The number of anilines is 1. The summed E-state index contributed by atoms with van der Waals surface area (Å²) in [4.78, 5) is 26.7. The van der Waals surface area contributed by atoms with Gasteiger partial charge in [-0.25, -0.2) is 4.39 Å². The lowest BCUT2D eigenvalue weighted by molar-refractivity contribution is -0.120. The van der Waals surface area contributed by atoms with Gasteiger partial charge in [0.25, 0.3) is 0 Å². The summed E-state index contributed by atoms with van der Waals surface area (Å²) >= 11 is 1.16. The molecule has 2 aromatic carbocycles. The Hall–Kier alpha value is -3.19. The maximum absolute atomic E-state index is 14.3. The standard InChI is InChI=1S/C22H18FNO4S/c1-3-22(12-5-7-13(25)8-6-12)19(27)16-15(10-29-20(16)24-21(22)28)14-9-4-11(2)17(23)18(14)26/h4-10,25-26H,3H2,1-2H3,(H,24,28). The van der Waals surface area contributed by atoms with E-state index in [1.54, 1.807) is 37.4 Å². The number of aromatic hydroxyl groups is 2. The molecule has 1 unspecified atom stereocenters. The Morgan fingerprint density at radius 2 is 1.76 bits per heavy atom. The number of phenolic OH excluding ortho intramolecular Hbond substituents is 2. The summed E-state index contributed by atoms with van der Waals surface area (Å²) in [5.74, 6) is -2.10. The molecule has 1 aromatic heterocycles. The first-order valence-corrected chi connectivity index (χ1v) is 9.95. The molecule has 0 radical (unpaired) electrons. The molecule has 0 spiro atoms. The Morgan fingerprint density at radius 1 is 1.07 bits per heavy atom. The predicted molar refractivity (Wildman–Crippen MR) is 109 cm³/mol. The van der Waals surface area contributed by atoms with Gasteiger partial charge in [-0.3, -0.25) is 9.59 Å². The molecule has 7 heteroatoms. The van der Waals surface area contributed by atoms with E-state index in [4.69, 9.17) is 0 Å². The van der Waals surface area contributed by atoms with Crippen molar-refractivity contribution in [2.75, 3.05) is 5.32 Å². The summed E-state index contributed by atoms with van der Waals surface area (Å²) in [6.07, 6.45) is 0.200. The summed E-state index contributed by atoms with van der Waals surface area (Å²) < 4.78 is 14.3. The fourth-order valence-corrected chi connectivity index (χ4v) is 4.77. The molecule has 0 bridgehead atoms. The van der Waals surface area contributed by atoms with Crippen LogP contribution in [0.25, 0.3) is 11.1 Å². The van der Waals surface area contributed by atoms with Gasteiger partial charge in [-0.1, -0.05) is 31.2 Å². The highest BCUT2D eigenvalue weighted by molar-refractivity contribution is 7.15. The SMILES string of the molecule is CCC1(c2ccc(O)cc2)C(=O)Nc2scc(-c3ccc(C)c(F)c3O)c2C1=O. The van der Waals surface area contributed by atoms with Gasteiger partial charge in [-0.2, -0.15) is 0 Å². The number of Topliss-reactive ketones (excluding diaryl/α,β-unsaturated/α-hetero) is 1. The van der Waals surface area contributed by atoms with Gasteiger partial charge in [-0.15, -0.1) is 11.3 Å². The van der Waals surface area contributed by atoms with Crippen LogP contribution in [0.15, 0.2) is 41.8 Å². The topological polar surface area (TPSA) is 86.6 Å². The predicted octanol–water partition coefficient (Wildman–Crippen LogP) is 4.76. The van der Waals surface area contributed by atoms with E-state index >= 15 is 0 Å². The van der Waals surface area contributed by atoms with Crippen molar-refractivity contribution in [2.45, 2.75) is 25.7 Å². The summed E-state index contributed by atoms with van der Waals surface area (Å²) in [7, 11) is 0. The van der Waals surface area contributed by atoms with Crippen LogP contribution in [0.2, 0.25) is 0 Å². The number of nitrogens with one attached hydrogen (secondary N) is 1. The van der Waals surface area contributed by atoms with Crippen LogP contribution in [0, 0.1) is 12.7 Å². The fourth-order valence-electron chi connectivity index (χ4n) is 3.82. The quantitative estimate of drug-likeness (QED) is 0.543. The van der Waals surface area contributed by atoms with Crippen LogP contribution in [0.4, 0.5) is 9.39 Å². The lowest BCUT2D eigenvalue weighted by Gasteiger charge is -2.34. The van der Waals surface area contributed by atoms with Crippen LogP contribution in [-0.4, -0.2) is 21.9 Å². The van der Waals surface area contributed by atoms with Gasteiger partial charge in [0, 0.05) is 16.5 Å². The second-order valence-electron chi connectivity index (χ2n) is 7.04. The third kappa shape index (κ3) is 2.65. The highest BCUT2D eigenvalue weighted by atomic mass is 32.1. The molecular formula is C22H18FNO4S. The average Bonchev–Trinajstić information content (AvgIpc) is 3.11. The highest BCUT2D eigenvalue weighted by Crippen LogP contribution is 2.48. The van der Waals surface area contributed by atoms with Crippen molar-refractivity contribution in [3.63, 3.8) is 0 Å². The minimum atomic E-state index is -1.48. The van der Waals surface area contributed by atoms with Gasteiger partial charge in [-0.05, 0) is 36.6 Å². The van der Waals surface area contributed by atoms with Crippen molar-refractivity contribution in [1.82, 2.24) is 0 Å². The van der Waals surface area contributed by atoms with Crippen molar-refractivity contribution in [2.24, 2.45) is 0 Å². The van der Waals surface area contributed by atoms with E-state index in [0.717, 1.165) is 11.3 Å². The second-order valence-corrected chi connectivity index (χ2v) is 7.91. The first-order chi connectivity index (χ1) is 13.8. The molecule has 1 atom stereocenters. The molecule has 3 aromatic rings. The first-order valence-electron chi connectivity index (χ1n) is 9.07. The van der Waals surface area contributed by atoms with E-state index in [1.165, 1.54) is 18.2 Å². The summed E-state index contributed by atoms with van der Waals surface area (Å²) in [6.45, 7) is 3.28. The molecule has 148 valence electrons. The van der Waals surface area contributed by atoms with Crippen LogP contribution < -0.4 is 5.32 Å². The molecule has 5 nitrogen and oxygen atoms in total. The molecule has 29 heavy (non-hydrogen) atoms. The monoisotopic (exact) mass is 411 g/mol. The van der Waals surface area contributed by atoms with E-state index in [-0.39, 0.29) is 23.3 Å². The first kappa shape index (κ1) is 19.1. The van der Waals surface area contributed by atoms with Crippen molar-refractivity contribution in [3.05, 3.63) is 64.3 Å². The zero-order valence-electron chi connectivity index (χ0n) is 15.7. The van der Waals surface area contributed by atoms with Crippen LogP contribution in [0.1, 0.15) is 34.8 Å². The normalized spacial score (nSPS) is 18.4. The third-order valence-electron chi connectivity index (χ3n) is 5.51. The molecular weight excluding hydrogens is 393 g/mol. The molecule has 3 N–H and O–H groups in total. The van der Waals surface area contributed by atoms with Gasteiger partial charge >= 0.3 is 0 Å². The van der Waals surface area contributed by atoms with Crippen LogP contribution in [-0.2, 0) is 10.2 Å². The van der Waals surface area contributed by atoms with Gasteiger partial charge < -0.3 is 15.5 Å². The summed E-state index contributed by atoms with van der Waals surface area (Å²) in [6, 6.07) is 9.06. The van der Waals surface area contributed by atoms with Crippen molar-refractivity contribution in [1.29, 1.82) is 0 Å². The molecule has 1 aliphatic heterocycles. The Kier molecular flexibility index (Phi) is 4.42. The number of amides is 1. The maximum atomic E-state index is 14.3. The number of rotatable bonds is 3. The van der Waals surface area contributed by atoms with E-state index in [0.29, 0.717) is 21.7 Å². The lowest BCUT2D eigenvalue weighted by atomic mass is 9.69. The fraction of sp³-hybridized carbons (Fsp3) is 0.182. The average molecular weight is 411 g/mol. The van der Waals surface area contributed by atoms with Crippen molar-refractivity contribution >= 4 is 28.0 Å². The van der Waals surface area contributed by atoms with Gasteiger partial charge in [0.15, 0.2) is 17.3 Å². The number of halogens is 1. The number of phenols is 2. The minimum absolute atomic E-state index is 0.0284. The van der Waals surface area contributed by atoms with E-state index in [2.05, 4.69) is 5.32 Å². The molecule has 0 aliphatic carbocycles. The number of carbonyl (C=O) groups is 2. The molecule has 1 amide bonds. The number of carbonyl (C=O) groups excluding carboxylic acids is 2. The number of benzene rings is 2. The molecule has 4 rings (SSSR count). The summed E-state index contributed by atoms with van der Waals surface area (Å²) in [5.41, 5.74) is 0.108. The Bertz CT molecular complexity index is 1150. The number of aryl methyl sites for hydroxylation is 1. The van der Waals surface area contributed by atoms with Crippen LogP contribution >= 0.6 is 11.3 Å². The smallest absolute Gasteiger partial charge is 0.243 e. The van der Waals surface area contributed by atoms with E-state index < -0.39 is 28.7 Å². The van der Waals surface area contributed by atoms with Crippen molar-refractivity contribution < 1.29 is 24.2 Å². The number of hydrogen-bond acceptors (Lipinski definition) is 5. The Morgan fingerprint density at radius 3 is 2.41 bits per heavy atom. The molecule has 0 saturated heterocycles. The number of fused-ring (bicyclic) bond motifs is 1. The lowest BCUT2D eigenvalue weighted by Crippen LogP contribution is -2.50. The summed E-state index contributed by atoms with van der Waals surface area (Å²) in [5, 5.41) is 24.7. The molecule has 0 fully saturated rings. The third-order valence-corrected chi connectivity index (χ3v) is 6.41. The highest BCUT2D eigenvalue weighted by Gasteiger charge is 2.51. The maximum Gasteiger partial charge on any atom is 0.243 e. The van der Waals surface area contributed by atoms with E-state index in [9.17, 15) is 24.2 Å². The number of ketones is 1. The van der Waals surface area contributed by atoms with E-state index in [1.807, 2.05) is 0 Å². The van der Waals surface area contributed by atoms with Gasteiger partial charge in [0.05, 0.1) is 5.56 Å². The Balaban J connectivity index is 1.93. The molecule has 1 aliphatic rings. The van der Waals surface area contributed by atoms with Gasteiger partial charge in [0.2, 0.25) is 5.91 Å². The number of hydrogen-bond donors (Lipinski definition) is 3.